The van der Waals surface area contributed by atoms with Gasteiger partial charge in [0.15, 0.2) is 0 Å². The Morgan fingerprint density at radius 2 is 0.744 bits per heavy atom. The molecule has 0 bridgehead atoms. The topological polar surface area (TPSA) is 3.24 Å². The Hall–Kier alpha value is -5.40. The van der Waals surface area contributed by atoms with Crippen molar-refractivity contribution in [1.82, 2.24) is 0 Å². The number of fused-ring (bicyclic) bond motifs is 1. The molecule has 0 saturated carbocycles. The lowest BCUT2D eigenvalue weighted by atomic mass is 9.94. The van der Waals surface area contributed by atoms with E-state index in [9.17, 15) is 0 Å². The number of hydrogen-bond donors (Lipinski definition) is 0. The highest BCUT2D eigenvalue weighted by atomic mass is 15.1. The molecule has 1 heteroatoms. The minimum absolute atomic E-state index is 1.13. The molecule has 0 amide bonds. The Bertz CT molecular complexity index is 1990. The van der Waals surface area contributed by atoms with E-state index < -0.39 is 0 Å². The lowest BCUT2D eigenvalue weighted by molar-refractivity contribution is 1.27. The number of anilines is 3. The summed E-state index contributed by atoms with van der Waals surface area (Å²) in [7, 11) is 0. The van der Waals surface area contributed by atoms with Crippen LogP contribution in [0.2, 0.25) is 0 Å². The summed E-state index contributed by atoms with van der Waals surface area (Å²) in [6, 6.07) is 59.1. The van der Waals surface area contributed by atoms with E-state index in [0.29, 0.717) is 0 Å². The minimum Gasteiger partial charge on any atom is -0.311 e. The van der Waals surface area contributed by atoms with E-state index in [0.717, 1.165) is 17.1 Å². The van der Waals surface area contributed by atoms with Crippen LogP contribution in [0.3, 0.4) is 0 Å². The fourth-order valence-electron chi connectivity index (χ4n) is 5.92. The summed E-state index contributed by atoms with van der Waals surface area (Å²) in [6.07, 6.45) is 0. The molecule has 206 valence electrons. The summed E-state index contributed by atoms with van der Waals surface area (Å²) >= 11 is 0. The molecule has 0 unspecified atom stereocenters. The molecule has 1 nitrogen and oxygen atoms in total. The van der Waals surface area contributed by atoms with Crippen molar-refractivity contribution in [2.24, 2.45) is 0 Å². The third-order valence-corrected chi connectivity index (χ3v) is 8.32. The van der Waals surface area contributed by atoms with Gasteiger partial charge in [0.1, 0.15) is 0 Å². The Morgan fingerprint density at radius 1 is 0.326 bits per heavy atom. The predicted molar refractivity (Wildman–Crippen MR) is 184 cm³/mol. The van der Waals surface area contributed by atoms with Gasteiger partial charge in [0.05, 0.1) is 0 Å². The van der Waals surface area contributed by atoms with Crippen LogP contribution in [0.5, 0.6) is 0 Å². The van der Waals surface area contributed by atoms with Crippen molar-refractivity contribution in [3.63, 3.8) is 0 Å². The maximum atomic E-state index is 2.32. The van der Waals surface area contributed by atoms with Gasteiger partial charge < -0.3 is 4.90 Å². The zero-order chi connectivity index (χ0) is 29.2. The maximum Gasteiger partial charge on any atom is 0.0462 e. The second-order valence-electron chi connectivity index (χ2n) is 11.2. The van der Waals surface area contributed by atoms with Crippen molar-refractivity contribution in [2.75, 3.05) is 4.90 Å². The third-order valence-electron chi connectivity index (χ3n) is 8.32. The average molecular weight is 552 g/mol. The maximum absolute atomic E-state index is 2.32. The monoisotopic (exact) mass is 551 g/mol. The first-order valence-electron chi connectivity index (χ1n) is 14.9. The summed E-state index contributed by atoms with van der Waals surface area (Å²) in [5, 5.41) is 2.61. The molecule has 0 heterocycles. The molecule has 0 spiro atoms. The Morgan fingerprint density at radius 3 is 1.30 bits per heavy atom. The van der Waals surface area contributed by atoms with Gasteiger partial charge in [-0.15, -0.1) is 0 Å². The van der Waals surface area contributed by atoms with Crippen LogP contribution < -0.4 is 4.90 Å². The Labute approximate surface area is 254 Å². The van der Waals surface area contributed by atoms with Gasteiger partial charge in [0.25, 0.3) is 0 Å². The van der Waals surface area contributed by atoms with E-state index in [4.69, 9.17) is 0 Å². The van der Waals surface area contributed by atoms with Crippen molar-refractivity contribution in [2.45, 2.75) is 13.8 Å². The van der Waals surface area contributed by atoms with Gasteiger partial charge in [-0.2, -0.15) is 0 Å². The second kappa shape index (κ2) is 11.5. The van der Waals surface area contributed by atoms with Crippen LogP contribution in [0.15, 0.2) is 164 Å². The molecule has 0 N–H and O–H groups in total. The van der Waals surface area contributed by atoms with Crippen LogP contribution in [0.4, 0.5) is 17.1 Å². The summed E-state index contributed by atoms with van der Waals surface area (Å²) in [5.74, 6) is 0. The van der Waals surface area contributed by atoms with Crippen molar-refractivity contribution in [3.05, 3.63) is 175 Å². The van der Waals surface area contributed by atoms with Crippen LogP contribution in [-0.2, 0) is 0 Å². The molecular weight excluding hydrogens is 518 g/mol. The SMILES string of the molecule is Cc1ccc(N(c2ccc(-c3ccccc3)cc2)c2ccc(-c3ccc(-c4ccc(C)c5ccccc45)cc3)cc2)cc1. The zero-order valence-electron chi connectivity index (χ0n) is 24.5. The fourth-order valence-corrected chi connectivity index (χ4v) is 5.92. The molecule has 7 aromatic rings. The zero-order valence-corrected chi connectivity index (χ0v) is 24.5. The first-order chi connectivity index (χ1) is 21.1. The fraction of sp³-hybridized carbons (Fsp3) is 0.0476. The first kappa shape index (κ1) is 26.5. The Balaban J connectivity index is 1.20. The molecule has 0 atom stereocenters. The van der Waals surface area contributed by atoms with E-state index in [2.05, 4.69) is 183 Å². The summed E-state index contributed by atoms with van der Waals surface area (Å²) in [4.78, 5) is 2.32. The number of rotatable bonds is 6. The quantitative estimate of drug-likeness (QED) is 0.199. The lowest BCUT2D eigenvalue weighted by Crippen LogP contribution is -2.09. The number of nitrogens with zero attached hydrogens (tertiary/aromatic N) is 1. The molecule has 0 radical (unpaired) electrons. The van der Waals surface area contributed by atoms with E-state index in [1.807, 2.05) is 0 Å². The number of benzene rings is 7. The summed E-state index contributed by atoms with van der Waals surface area (Å²) in [6.45, 7) is 4.31. The first-order valence-corrected chi connectivity index (χ1v) is 14.9. The average Bonchev–Trinajstić information content (AvgIpc) is 3.07. The molecule has 7 rings (SSSR count). The smallest absolute Gasteiger partial charge is 0.0462 e. The van der Waals surface area contributed by atoms with Crippen LogP contribution in [0.1, 0.15) is 11.1 Å². The van der Waals surface area contributed by atoms with Gasteiger partial charge in [0, 0.05) is 17.1 Å². The van der Waals surface area contributed by atoms with Crippen LogP contribution in [0.25, 0.3) is 44.2 Å². The van der Waals surface area contributed by atoms with Gasteiger partial charge >= 0.3 is 0 Å². The second-order valence-corrected chi connectivity index (χ2v) is 11.2. The minimum atomic E-state index is 1.13. The van der Waals surface area contributed by atoms with Crippen molar-refractivity contribution in [1.29, 1.82) is 0 Å². The van der Waals surface area contributed by atoms with E-state index >= 15 is 0 Å². The molecular formula is C42H33N. The van der Waals surface area contributed by atoms with Gasteiger partial charge in [0.2, 0.25) is 0 Å². The highest BCUT2D eigenvalue weighted by molar-refractivity contribution is 5.98. The van der Waals surface area contributed by atoms with Crippen molar-refractivity contribution < 1.29 is 0 Å². The molecule has 0 aliphatic rings. The highest BCUT2D eigenvalue weighted by Crippen LogP contribution is 2.37. The Kier molecular flexibility index (Phi) is 7.07. The largest absolute Gasteiger partial charge is 0.311 e. The molecule has 43 heavy (non-hydrogen) atoms. The van der Waals surface area contributed by atoms with Gasteiger partial charge in [-0.1, -0.05) is 133 Å². The van der Waals surface area contributed by atoms with Gasteiger partial charge in [-0.3, -0.25) is 0 Å². The normalized spacial score (nSPS) is 11.0. The predicted octanol–water partition coefficient (Wildman–Crippen LogP) is 11.9. The summed E-state index contributed by atoms with van der Waals surface area (Å²) in [5.41, 5.74) is 13.3. The molecule has 0 fully saturated rings. The van der Waals surface area contributed by atoms with E-state index in [1.54, 1.807) is 0 Å². The van der Waals surface area contributed by atoms with E-state index in [1.165, 1.54) is 55.3 Å². The van der Waals surface area contributed by atoms with Crippen molar-refractivity contribution in [3.8, 4) is 33.4 Å². The van der Waals surface area contributed by atoms with Crippen molar-refractivity contribution >= 4 is 27.8 Å². The van der Waals surface area contributed by atoms with Crippen LogP contribution in [0, 0.1) is 13.8 Å². The van der Waals surface area contributed by atoms with Crippen LogP contribution in [-0.4, -0.2) is 0 Å². The number of aryl methyl sites for hydroxylation is 2. The van der Waals surface area contributed by atoms with E-state index in [-0.39, 0.29) is 0 Å². The van der Waals surface area contributed by atoms with Gasteiger partial charge in [-0.25, -0.2) is 0 Å². The summed E-state index contributed by atoms with van der Waals surface area (Å²) < 4.78 is 0. The third kappa shape index (κ3) is 5.34. The molecule has 0 saturated heterocycles. The van der Waals surface area contributed by atoms with Gasteiger partial charge in [-0.05, 0) is 100.0 Å². The molecule has 0 aliphatic heterocycles. The molecule has 0 aliphatic carbocycles. The molecule has 0 aromatic heterocycles. The number of hydrogen-bond acceptors (Lipinski definition) is 1. The van der Waals surface area contributed by atoms with Crippen LogP contribution >= 0.6 is 0 Å². The highest BCUT2D eigenvalue weighted by Gasteiger charge is 2.13. The molecule has 7 aromatic carbocycles. The lowest BCUT2D eigenvalue weighted by Gasteiger charge is -2.26. The standard InChI is InChI=1S/C42H33N/c1-30-12-23-37(24-13-30)43(38-25-19-34(20-26-38)32-8-4-3-5-9-32)39-27-21-35(22-28-39)33-15-17-36(18-16-33)41-29-14-31(2)40-10-6-7-11-42(40)41/h3-29H,1-2H3.